The topological polar surface area (TPSA) is 0 Å². The van der Waals surface area contributed by atoms with E-state index >= 15 is 0 Å². The molecule has 3 atom stereocenters. The first-order valence-corrected chi connectivity index (χ1v) is 5.39. The average molecular weight is 246 g/mol. The van der Waals surface area contributed by atoms with Gasteiger partial charge in [-0.2, -0.15) is 0 Å². The van der Waals surface area contributed by atoms with E-state index in [1.165, 1.54) is 0 Å². The third-order valence-corrected chi connectivity index (χ3v) is 3.40. The molecule has 3 unspecified atom stereocenters. The highest BCUT2D eigenvalue weighted by molar-refractivity contribution is 9.09. The van der Waals surface area contributed by atoms with Crippen molar-refractivity contribution in [1.82, 2.24) is 0 Å². The molecule has 0 spiro atoms. The number of alkyl halides is 3. The summed E-state index contributed by atoms with van der Waals surface area (Å²) >= 11 is 15.5. The van der Waals surface area contributed by atoms with Crippen LogP contribution in [0.2, 0.25) is 0 Å². The molecule has 1 aliphatic rings. The average Bonchev–Trinajstić information content (AvgIpc) is 1.93. The van der Waals surface area contributed by atoms with E-state index in [4.69, 9.17) is 23.2 Å². The Morgan fingerprint density at radius 3 is 2.40 bits per heavy atom. The molecule has 0 bridgehead atoms. The van der Waals surface area contributed by atoms with Crippen LogP contribution in [0, 0.1) is 0 Å². The van der Waals surface area contributed by atoms with E-state index in [9.17, 15) is 0 Å². The van der Waals surface area contributed by atoms with Gasteiger partial charge in [-0.15, -0.1) is 23.2 Å². The first-order valence-electron chi connectivity index (χ1n) is 3.60. The highest BCUT2D eigenvalue weighted by atomic mass is 79.9. The van der Waals surface area contributed by atoms with Crippen molar-refractivity contribution in [1.29, 1.82) is 0 Å². The van der Waals surface area contributed by atoms with Crippen molar-refractivity contribution in [3.63, 3.8) is 0 Å². The van der Waals surface area contributed by atoms with Crippen LogP contribution in [0.4, 0.5) is 0 Å². The molecule has 0 aliphatic heterocycles. The Balaban J connectivity index is 2.38. The molecule has 1 aliphatic carbocycles. The Kier molecular flexibility index (Phi) is 3.82. The van der Waals surface area contributed by atoms with Gasteiger partial charge in [0, 0.05) is 15.6 Å². The standard InChI is InChI=1S/C7H11BrCl2/c8-5-1-2-6(9)4-7(10)3-5/h5-7H,1-4H2. The summed E-state index contributed by atoms with van der Waals surface area (Å²) in [6.07, 6.45) is 4.29. The summed E-state index contributed by atoms with van der Waals surface area (Å²) in [5.41, 5.74) is 0. The summed E-state index contributed by atoms with van der Waals surface area (Å²) < 4.78 is 0. The number of halogens is 3. The van der Waals surface area contributed by atoms with Gasteiger partial charge in [0.15, 0.2) is 0 Å². The van der Waals surface area contributed by atoms with Gasteiger partial charge in [-0.1, -0.05) is 15.9 Å². The van der Waals surface area contributed by atoms with Gasteiger partial charge in [-0.3, -0.25) is 0 Å². The molecule has 0 N–H and O–H groups in total. The van der Waals surface area contributed by atoms with Crippen LogP contribution in [-0.2, 0) is 0 Å². The molecule has 3 heteroatoms. The molecule has 1 rings (SSSR count). The minimum atomic E-state index is 0.273. The maximum Gasteiger partial charge on any atom is 0.0360 e. The second-order valence-corrected chi connectivity index (χ2v) is 5.37. The number of rotatable bonds is 0. The Hall–Kier alpha value is 1.06. The fourth-order valence-electron chi connectivity index (χ4n) is 1.25. The Morgan fingerprint density at radius 1 is 1.00 bits per heavy atom. The summed E-state index contributed by atoms with van der Waals surface area (Å²) in [5.74, 6) is 0. The SMILES string of the molecule is ClC1CCC(Br)CC(Cl)C1. The van der Waals surface area contributed by atoms with Crippen molar-refractivity contribution in [2.24, 2.45) is 0 Å². The molecular formula is C7H11BrCl2. The van der Waals surface area contributed by atoms with E-state index in [-0.39, 0.29) is 5.38 Å². The minimum Gasteiger partial charge on any atom is -0.123 e. The van der Waals surface area contributed by atoms with E-state index in [1.54, 1.807) is 0 Å². The molecule has 0 radical (unpaired) electrons. The number of hydrogen-bond donors (Lipinski definition) is 0. The van der Waals surface area contributed by atoms with Crippen LogP contribution >= 0.6 is 39.1 Å². The fraction of sp³-hybridized carbons (Fsp3) is 1.00. The molecule has 1 fully saturated rings. The molecule has 0 aromatic heterocycles. The largest absolute Gasteiger partial charge is 0.123 e. The van der Waals surface area contributed by atoms with Crippen molar-refractivity contribution >= 4 is 39.1 Å². The summed E-state index contributed by atoms with van der Waals surface area (Å²) in [7, 11) is 0. The lowest BCUT2D eigenvalue weighted by Gasteiger charge is -2.07. The lowest BCUT2D eigenvalue weighted by molar-refractivity contribution is 0.716. The van der Waals surface area contributed by atoms with Gasteiger partial charge in [0.1, 0.15) is 0 Å². The Labute approximate surface area is 80.4 Å². The van der Waals surface area contributed by atoms with E-state index in [0.717, 1.165) is 25.7 Å². The van der Waals surface area contributed by atoms with Crippen molar-refractivity contribution in [2.45, 2.75) is 41.3 Å². The highest BCUT2D eigenvalue weighted by Crippen LogP contribution is 2.29. The zero-order valence-electron chi connectivity index (χ0n) is 5.69. The van der Waals surface area contributed by atoms with Crippen LogP contribution in [0.25, 0.3) is 0 Å². The van der Waals surface area contributed by atoms with E-state index < -0.39 is 0 Å². The van der Waals surface area contributed by atoms with Gasteiger partial charge in [-0.05, 0) is 25.7 Å². The summed E-state index contributed by atoms with van der Waals surface area (Å²) in [6.45, 7) is 0. The Morgan fingerprint density at radius 2 is 1.70 bits per heavy atom. The van der Waals surface area contributed by atoms with Gasteiger partial charge in [0.25, 0.3) is 0 Å². The van der Waals surface area contributed by atoms with E-state index in [2.05, 4.69) is 15.9 Å². The van der Waals surface area contributed by atoms with E-state index in [1.807, 2.05) is 0 Å². The van der Waals surface area contributed by atoms with Crippen LogP contribution in [0.5, 0.6) is 0 Å². The van der Waals surface area contributed by atoms with Crippen molar-refractivity contribution in [3.05, 3.63) is 0 Å². The van der Waals surface area contributed by atoms with Crippen molar-refractivity contribution in [2.75, 3.05) is 0 Å². The molecule has 0 saturated heterocycles. The Bertz CT molecular complexity index is 95.8. The van der Waals surface area contributed by atoms with Gasteiger partial charge >= 0.3 is 0 Å². The minimum absolute atomic E-state index is 0.273. The van der Waals surface area contributed by atoms with Gasteiger partial charge in [-0.25, -0.2) is 0 Å². The molecule has 0 amide bonds. The molecule has 0 aromatic rings. The highest BCUT2D eigenvalue weighted by Gasteiger charge is 2.21. The van der Waals surface area contributed by atoms with Crippen LogP contribution in [0.1, 0.15) is 25.7 Å². The number of hydrogen-bond acceptors (Lipinski definition) is 0. The molecular weight excluding hydrogens is 235 g/mol. The lowest BCUT2D eigenvalue weighted by atomic mass is 10.2. The zero-order chi connectivity index (χ0) is 7.56. The predicted octanol–water partition coefficient (Wildman–Crippen LogP) is 3.54. The van der Waals surface area contributed by atoms with Crippen LogP contribution in [-0.4, -0.2) is 15.6 Å². The second kappa shape index (κ2) is 4.18. The molecule has 1 saturated carbocycles. The first kappa shape index (κ1) is 9.15. The van der Waals surface area contributed by atoms with Gasteiger partial charge in [0.2, 0.25) is 0 Å². The summed E-state index contributed by atoms with van der Waals surface area (Å²) in [4.78, 5) is 0.582. The fourth-order valence-corrected chi connectivity index (χ4v) is 3.04. The normalized spacial score (nSPS) is 42.9. The summed E-state index contributed by atoms with van der Waals surface area (Å²) in [6, 6.07) is 0. The van der Waals surface area contributed by atoms with Gasteiger partial charge in [0.05, 0.1) is 0 Å². The third-order valence-electron chi connectivity index (χ3n) is 1.82. The first-order chi connectivity index (χ1) is 4.68. The smallest absolute Gasteiger partial charge is 0.0360 e. The molecule has 0 aromatic carbocycles. The third kappa shape index (κ3) is 2.98. The lowest BCUT2D eigenvalue weighted by Crippen LogP contribution is -2.05. The monoisotopic (exact) mass is 244 g/mol. The van der Waals surface area contributed by atoms with Crippen molar-refractivity contribution in [3.8, 4) is 0 Å². The van der Waals surface area contributed by atoms with Crippen LogP contribution in [0.15, 0.2) is 0 Å². The zero-order valence-corrected chi connectivity index (χ0v) is 8.79. The molecule has 0 heterocycles. The van der Waals surface area contributed by atoms with E-state index in [0.29, 0.717) is 10.2 Å². The second-order valence-electron chi connectivity index (χ2n) is 2.84. The predicted molar refractivity (Wildman–Crippen MR) is 50.5 cm³/mol. The maximum absolute atomic E-state index is 6.00. The van der Waals surface area contributed by atoms with Crippen LogP contribution in [0.3, 0.4) is 0 Å². The molecule has 0 nitrogen and oxygen atoms in total. The van der Waals surface area contributed by atoms with Crippen molar-refractivity contribution < 1.29 is 0 Å². The quantitative estimate of drug-likeness (QED) is 0.453. The van der Waals surface area contributed by atoms with Crippen LogP contribution < -0.4 is 0 Å². The summed E-state index contributed by atoms with van der Waals surface area (Å²) in [5, 5.41) is 0.569. The maximum atomic E-state index is 6.00. The molecule has 60 valence electrons. The molecule has 10 heavy (non-hydrogen) atoms. The van der Waals surface area contributed by atoms with Gasteiger partial charge < -0.3 is 0 Å².